The Hall–Kier alpha value is -1.95. The van der Waals surface area contributed by atoms with Gasteiger partial charge in [-0.1, -0.05) is 23.7 Å². The summed E-state index contributed by atoms with van der Waals surface area (Å²) >= 11 is 6.43. The van der Waals surface area contributed by atoms with Crippen molar-refractivity contribution in [3.63, 3.8) is 0 Å². The molecule has 2 atom stereocenters. The van der Waals surface area contributed by atoms with Crippen LogP contribution in [0.2, 0.25) is 5.02 Å². The predicted octanol–water partition coefficient (Wildman–Crippen LogP) is 7.55. The number of alkyl carbamates (subject to hydrolysis) is 1. The van der Waals surface area contributed by atoms with Gasteiger partial charge in [-0.15, -0.1) is 0 Å². The molecular formula is C26H34ClF3NO7PS. The first-order chi connectivity index (χ1) is 18.4. The van der Waals surface area contributed by atoms with Crippen LogP contribution in [-0.4, -0.2) is 42.3 Å². The molecule has 0 aliphatic carbocycles. The zero-order chi connectivity index (χ0) is 30.4. The van der Waals surface area contributed by atoms with Gasteiger partial charge in [0.05, 0.1) is 28.5 Å². The number of phosphoric acid groups is 1. The van der Waals surface area contributed by atoms with Crippen molar-refractivity contribution in [3.05, 3.63) is 58.6 Å². The summed E-state index contributed by atoms with van der Waals surface area (Å²) in [7, 11) is -3.34. The molecular weight excluding hydrogens is 594 g/mol. The lowest BCUT2D eigenvalue weighted by Gasteiger charge is -2.32. The second-order valence-corrected chi connectivity index (χ2v) is 13.9. The minimum Gasteiger partial charge on any atom is -0.444 e. The van der Waals surface area contributed by atoms with Crippen LogP contribution in [0, 0.1) is 0 Å². The van der Waals surface area contributed by atoms with Crippen molar-refractivity contribution >= 4 is 36.3 Å². The molecule has 14 heteroatoms. The number of carbonyl (C=O) groups excluding carboxylic acids is 1. The minimum absolute atomic E-state index is 0.00651. The molecule has 0 fully saturated rings. The number of hydrogen-bond acceptors (Lipinski definition) is 7. The van der Waals surface area contributed by atoms with Gasteiger partial charge in [-0.3, -0.25) is 13.6 Å². The van der Waals surface area contributed by atoms with Gasteiger partial charge in [-0.05, 0) is 82.9 Å². The van der Waals surface area contributed by atoms with E-state index in [9.17, 15) is 26.7 Å². The zero-order valence-corrected chi connectivity index (χ0v) is 25.6. The molecule has 2 aromatic carbocycles. The van der Waals surface area contributed by atoms with E-state index in [1.165, 1.54) is 32.4 Å². The van der Waals surface area contributed by atoms with Crippen LogP contribution < -0.4 is 5.32 Å². The molecule has 224 valence electrons. The first-order valence-corrected chi connectivity index (χ1v) is 15.1. The van der Waals surface area contributed by atoms with Crippen molar-refractivity contribution in [1.29, 1.82) is 0 Å². The lowest BCUT2D eigenvalue weighted by atomic mass is 9.94. The van der Waals surface area contributed by atoms with Crippen LogP contribution in [-0.2, 0) is 46.3 Å². The Balaban J connectivity index is 2.14. The predicted molar refractivity (Wildman–Crippen MR) is 146 cm³/mol. The fraction of sp³-hybridized carbons (Fsp3) is 0.500. The quantitative estimate of drug-likeness (QED) is 0.243. The van der Waals surface area contributed by atoms with E-state index in [2.05, 4.69) is 5.32 Å². The molecule has 0 bridgehead atoms. The molecule has 1 unspecified atom stereocenters. The molecule has 0 aliphatic rings. The smallest absolute Gasteiger partial charge is 0.444 e. The Kier molecular flexibility index (Phi) is 11.8. The number of halogens is 4. The second-order valence-electron chi connectivity index (χ2n) is 10.2. The van der Waals surface area contributed by atoms with Gasteiger partial charge in [0.2, 0.25) is 0 Å². The molecule has 0 saturated heterocycles. The molecule has 0 aliphatic heterocycles. The highest BCUT2D eigenvalue weighted by atomic mass is 35.5. The summed E-state index contributed by atoms with van der Waals surface area (Å²) in [6.45, 7) is 6.63. The van der Waals surface area contributed by atoms with E-state index in [0.29, 0.717) is 29.8 Å². The Morgan fingerprint density at radius 2 is 1.65 bits per heavy atom. The van der Waals surface area contributed by atoms with Crippen molar-refractivity contribution < 1.29 is 45.0 Å². The fourth-order valence-corrected chi connectivity index (χ4v) is 5.83. The van der Waals surface area contributed by atoms with E-state index in [4.69, 9.17) is 29.9 Å². The van der Waals surface area contributed by atoms with Gasteiger partial charge in [0, 0.05) is 29.0 Å². The maximum absolute atomic E-state index is 13.1. The molecule has 0 radical (unpaired) electrons. The van der Waals surface area contributed by atoms with Crippen LogP contribution >= 0.6 is 19.4 Å². The maximum Gasteiger partial charge on any atom is 0.474 e. The number of benzene rings is 2. The van der Waals surface area contributed by atoms with E-state index < -0.39 is 47.6 Å². The summed E-state index contributed by atoms with van der Waals surface area (Å²) in [6.07, 6.45) is -3.98. The Morgan fingerprint density at radius 3 is 2.20 bits per heavy atom. The molecule has 0 heterocycles. The standard InChI is InChI=1S/C26H34ClF3NO7PS/c1-24(2,3)38-23(32)31-25(4,17-37-39(33,35-5)36-6)14-8-9-18-12-13-21(16-22(18)27)40(34)20-11-7-10-19(15-20)26(28,29)30/h7,10-13,15-16H,8-9,14,17H2,1-6H3,(H,31,32)/t25-,40?/m1/s1. The highest BCUT2D eigenvalue weighted by Crippen LogP contribution is 2.48. The molecule has 40 heavy (non-hydrogen) atoms. The van der Waals surface area contributed by atoms with Crippen LogP contribution in [0.25, 0.3) is 0 Å². The van der Waals surface area contributed by atoms with Gasteiger partial charge in [0.15, 0.2) is 0 Å². The van der Waals surface area contributed by atoms with E-state index in [0.717, 1.165) is 12.1 Å². The van der Waals surface area contributed by atoms with E-state index >= 15 is 0 Å². The van der Waals surface area contributed by atoms with E-state index in [1.807, 2.05) is 0 Å². The van der Waals surface area contributed by atoms with Gasteiger partial charge < -0.3 is 10.1 Å². The summed E-state index contributed by atoms with van der Waals surface area (Å²) in [4.78, 5) is 12.8. The number of alkyl halides is 3. The zero-order valence-electron chi connectivity index (χ0n) is 23.1. The first kappa shape index (κ1) is 34.3. The van der Waals surface area contributed by atoms with Gasteiger partial charge in [-0.2, -0.15) is 13.2 Å². The molecule has 2 aromatic rings. The number of phosphoric ester groups is 1. The SMILES string of the molecule is COP(=O)(OC)OC[C@@](C)(CCCc1ccc(S(=O)c2cccc(C(F)(F)F)c2)cc1Cl)NC(=O)OC(C)(C)C. The summed E-state index contributed by atoms with van der Waals surface area (Å²) in [5.41, 5.74) is -1.97. The molecule has 1 amide bonds. The van der Waals surface area contributed by atoms with Crippen molar-refractivity contribution in [1.82, 2.24) is 5.32 Å². The third kappa shape index (κ3) is 10.5. The number of carbonyl (C=O) groups is 1. The van der Waals surface area contributed by atoms with Crippen molar-refractivity contribution in [2.24, 2.45) is 0 Å². The number of amides is 1. The van der Waals surface area contributed by atoms with Crippen LogP contribution in [0.15, 0.2) is 52.3 Å². The topological polar surface area (TPSA) is 100 Å². The fourth-order valence-electron chi connectivity index (χ4n) is 3.56. The molecule has 0 spiro atoms. The number of hydrogen-bond donors (Lipinski definition) is 1. The molecule has 2 rings (SSSR count). The van der Waals surface area contributed by atoms with Crippen LogP contribution in [0.3, 0.4) is 0 Å². The monoisotopic (exact) mass is 627 g/mol. The first-order valence-electron chi connectivity index (χ1n) is 12.1. The highest BCUT2D eigenvalue weighted by molar-refractivity contribution is 7.85. The van der Waals surface area contributed by atoms with Gasteiger partial charge in [0.1, 0.15) is 5.60 Å². The van der Waals surface area contributed by atoms with Gasteiger partial charge >= 0.3 is 20.1 Å². The number of ether oxygens (including phenoxy) is 1. The number of nitrogens with one attached hydrogen (secondary N) is 1. The largest absolute Gasteiger partial charge is 0.474 e. The van der Waals surface area contributed by atoms with E-state index in [1.54, 1.807) is 39.8 Å². The second kappa shape index (κ2) is 13.8. The van der Waals surface area contributed by atoms with Crippen molar-refractivity contribution in [3.8, 4) is 0 Å². The Morgan fingerprint density at radius 1 is 1.02 bits per heavy atom. The molecule has 8 nitrogen and oxygen atoms in total. The number of rotatable bonds is 12. The summed E-state index contributed by atoms with van der Waals surface area (Å²) in [5, 5.41) is 3.05. The van der Waals surface area contributed by atoms with Crippen LogP contribution in [0.4, 0.5) is 18.0 Å². The van der Waals surface area contributed by atoms with Crippen molar-refractivity contribution in [2.75, 3.05) is 20.8 Å². The lowest BCUT2D eigenvalue weighted by Crippen LogP contribution is -2.51. The summed E-state index contributed by atoms with van der Waals surface area (Å²) in [5.74, 6) is 0. The van der Waals surface area contributed by atoms with Crippen molar-refractivity contribution in [2.45, 2.75) is 74.1 Å². The van der Waals surface area contributed by atoms with E-state index in [-0.39, 0.29) is 16.4 Å². The number of aryl methyl sites for hydroxylation is 1. The summed E-state index contributed by atoms with van der Waals surface area (Å²) < 4.78 is 84.8. The lowest BCUT2D eigenvalue weighted by molar-refractivity contribution is -0.137. The Bertz CT molecular complexity index is 1250. The third-order valence-electron chi connectivity index (χ3n) is 5.58. The molecule has 0 aromatic heterocycles. The van der Waals surface area contributed by atoms with Crippen LogP contribution in [0.1, 0.15) is 51.7 Å². The molecule has 1 N–H and O–H groups in total. The average molecular weight is 628 g/mol. The highest BCUT2D eigenvalue weighted by Gasteiger charge is 2.34. The maximum atomic E-state index is 13.1. The minimum atomic E-state index is -4.55. The van der Waals surface area contributed by atoms with Gasteiger partial charge in [0.25, 0.3) is 0 Å². The Labute approximate surface area is 239 Å². The van der Waals surface area contributed by atoms with Gasteiger partial charge in [-0.25, -0.2) is 13.6 Å². The third-order valence-corrected chi connectivity index (χ3v) is 8.64. The van der Waals surface area contributed by atoms with Crippen LogP contribution in [0.5, 0.6) is 0 Å². The molecule has 0 saturated carbocycles. The normalized spacial score (nSPS) is 14.8. The summed E-state index contributed by atoms with van der Waals surface area (Å²) in [6, 6.07) is 8.99. The average Bonchev–Trinajstić information content (AvgIpc) is 2.86.